The van der Waals surface area contributed by atoms with Crippen molar-refractivity contribution < 1.29 is 19.8 Å². The van der Waals surface area contributed by atoms with Gasteiger partial charge < -0.3 is 10.2 Å². The fourth-order valence-electron chi connectivity index (χ4n) is 5.41. The number of carboxylic acids is 2. The Kier molecular flexibility index (Phi) is 13.0. The SMILES string of the molecule is C#Cc1cccc(CN2CCN(CC(=O)O)CCN(Cc3cc(-c4ccccc4)cc(CN=[N+]=[N-])n3)CCN(CC(=O)O)CC2)n1. The van der Waals surface area contributed by atoms with Crippen LogP contribution in [0.5, 0.6) is 0 Å². The Balaban J connectivity index is 1.57. The molecule has 1 aliphatic heterocycles. The third-order valence-electron chi connectivity index (χ3n) is 7.71. The number of rotatable bonds is 11. The van der Waals surface area contributed by atoms with E-state index in [1.54, 1.807) is 6.07 Å². The fraction of sp³-hybridized carbons (Fsp3) is 0.394. The summed E-state index contributed by atoms with van der Waals surface area (Å²) in [6.07, 6.45) is 5.54. The number of nitrogens with zero attached hydrogens (tertiary/aromatic N) is 9. The van der Waals surface area contributed by atoms with Gasteiger partial charge >= 0.3 is 11.9 Å². The quantitative estimate of drug-likeness (QED) is 0.140. The minimum atomic E-state index is -0.902. The molecule has 2 aromatic heterocycles. The topological polar surface area (TPSA) is 162 Å². The van der Waals surface area contributed by atoms with Crippen molar-refractivity contribution in [3.05, 3.63) is 93.9 Å². The van der Waals surface area contributed by atoms with E-state index in [2.05, 4.69) is 30.7 Å². The van der Waals surface area contributed by atoms with E-state index >= 15 is 0 Å². The van der Waals surface area contributed by atoms with E-state index in [0.29, 0.717) is 76.8 Å². The second-order valence-electron chi connectivity index (χ2n) is 11.1. The Hall–Kier alpha value is -4.83. The average Bonchev–Trinajstić information content (AvgIpc) is 3.05. The average molecular weight is 626 g/mol. The van der Waals surface area contributed by atoms with Crippen molar-refractivity contribution in [3.63, 3.8) is 0 Å². The highest BCUT2D eigenvalue weighted by Crippen LogP contribution is 2.22. The molecule has 0 atom stereocenters. The van der Waals surface area contributed by atoms with Gasteiger partial charge in [0.1, 0.15) is 5.69 Å². The van der Waals surface area contributed by atoms with E-state index in [0.717, 1.165) is 22.5 Å². The molecule has 3 heterocycles. The first-order valence-electron chi connectivity index (χ1n) is 15.1. The van der Waals surface area contributed by atoms with Gasteiger partial charge in [0.05, 0.1) is 31.0 Å². The molecule has 1 aromatic carbocycles. The van der Waals surface area contributed by atoms with Crippen LogP contribution >= 0.6 is 0 Å². The minimum absolute atomic E-state index is 0.101. The van der Waals surface area contributed by atoms with Crippen molar-refractivity contribution in [3.8, 4) is 23.5 Å². The van der Waals surface area contributed by atoms with Crippen LogP contribution in [0.1, 0.15) is 22.8 Å². The van der Waals surface area contributed by atoms with Gasteiger partial charge in [0.25, 0.3) is 0 Å². The second kappa shape index (κ2) is 17.6. The van der Waals surface area contributed by atoms with Crippen molar-refractivity contribution in [2.45, 2.75) is 19.6 Å². The van der Waals surface area contributed by atoms with Gasteiger partial charge in [-0.15, -0.1) is 6.42 Å². The number of carboxylic acid groups (broad SMARTS) is 2. The maximum atomic E-state index is 11.8. The standard InChI is InChI=1S/C33H39N9O4/c1-2-28-9-6-10-29(36-28)22-39-11-15-41(24-32(43)44)17-13-40(14-18-42(16-12-39)25-33(45)46)23-31-20-27(26-7-4-3-5-8-26)19-30(37-31)21-35-38-34/h1,3-10,19-20H,11-18,21-25H2,(H,43,44)(H,45,46). The van der Waals surface area contributed by atoms with Crippen LogP contribution < -0.4 is 0 Å². The molecule has 46 heavy (non-hydrogen) atoms. The largest absolute Gasteiger partial charge is 0.480 e. The number of carbonyl (C=O) groups is 2. The number of azide groups is 1. The van der Waals surface area contributed by atoms with Crippen LogP contribution in [-0.2, 0) is 29.2 Å². The Labute approximate surface area is 268 Å². The van der Waals surface area contributed by atoms with Crippen LogP contribution in [0.4, 0.5) is 0 Å². The Morgan fingerprint density at radius 3 is 1.83 bits per heavy atom. The maximum absolute atomic E-state index is 11.8. The maximum Gasteiger partial charge on any atom is 0.317 e. The van der Waals surface area contributed by atoms with Gasteiger partial charge in [-0.1, -0.05) is 47.4 Å². The molecule has 0 aliphatic carbocycles. The molecule has 0 spiro atoms. The van der Waals surface area contributed by atoms with Crippen LogP contribution in [-0.4, -0.2) is 117 Å². The Bertz CT molecular complexity index is 1520. The molecule has 0 radical (unpaired) electrons. The lowest BCUT2D eigenvalue weighted by Crippen LogP contribution is -2.47. The molecule has 1 aliphatic rings. The highest BCUT2D eigenvalue weighted by molar-refractivity contribution is 5.69. The fourth-order valence-corrected chi connectivity index (χ4v) is 5.41. The first-order valence-corrected chi connectivity index (χ1v) is 15.1. The zero-order valence-corrected chi connectivity index (χ0v) is 25.8. The summed E-state index contributed by atoms with van der Waals surface area (Å²) in [6, 6.07) is 19.3. The number of terminal acetylenes is 1. The summed E-state index contributed by atoms with van der Waals surface area (Å²) in [5, 5.41) is 23.1. The molecule has 0 saturated carbocycles. The second-order valence-corrected chi connectivity index (χ2v) is 11.1. The highest BCUT2D eigenvalue weighted by Gasteiger charge is 2.20. The molecule has 0 bridgehead atoms. The summed E-state index contributed by atoms with van der Waals surface area (Å²) in [5.41, 5.74) is 13.6. The smallest absolute Gasteiger partial charge is 0.317 e. The van der Waals surface area contributed by atoms with Crippen LogP contribution in [0.15, 0.2) is 65.8 Å². The summed E-state index contributed by atoms with van der Waals surface area (Å²) in [6.45, 7) is 5.10. The first kappa shape index (κ1) is 34.1. The van der Waals surface area contributed by atoms with Gasteiger partial charge in [-0.25, -0.2) is 4.98 Å². The van der Waals surface area contributed by atoms with Crippen LogP contribution in [0, 0.1) is 12.3 Å². The first-order chi connectivity index (χ1) is 22.3. The van der Waals surface area contributed by atoms with Crippen LogP contribution in [0.25, 0.3) is 21.6 Å². The third kappa shape index (κ3) is 11.3. The number of aromatic nitrogens is 2. The number of hydrogen-bond donors (Lipinski definition) is 2. The molecule has 13 heteroatoms. The summed E-state index contributed by atoms with van der Waals surface area (Å²) in [4.78, 5) is 43.9. The zero-order chi connectivity index (χ0) is 32.7. The van der Waals surface area contributed by atoms with E-state index < -0.39 is 11.9 Å². The lowest BCUT2D eigenvalue weighted by Gasteiger charge is -2.33. The highest BCUT2D eigenvalue weighted by atomic mass is 16.4. The summed E-state index contributed by atoms with van der Waals surface area (Å²) < 4.78 is 0. The molecule has 240 valence electrons. The zero-order valence-electron chi connectivity index (χ0n) is 25.8. The molecule has 4 rings (SSSR count). The molecule has 2 N–H and O–H groups in total. The van der Waals surface area contributed by atoms with E-state index in [4.69, 9.17) is 16.9 Å². The predicted molar refractivity (Wildman–Crippen MR) is 173 cm³/mol. The van der Waals surface area contributed by atoms with Gasteiger partial charge in [-0.2, -0.15) is 0 Å². The Morgan fingerprint density at radius 2 is 1.28 bits per heavy atom. The summed E-state index contributed by atoms with van der Waals surface area (Å²) in [7, 11) is 0. The molecule has 1 saturated heterocycles. The van der Waals surface area contributed by atoms with Gasteiger partial charge in [-0.3, -0.25) is 34.2 Å². The molecular weight excluding hydrogens is 586 g/mol. The van der Waals surface area contributed by atoms with Crippen LogP contribution in [0.2, 0.25) is 0 Å². The van der Waals surface area contributed by atoms with Gasteiger partial charge in [0.2, 0.25) is 0 Å². The molecular formula is C33H39N9O4. The molecule has 1 fully saturated rings. The lowest BCUT2D eigenvalue weighted by molar-refractivity contribution is -0.139. The number of pyridine rings is 2. The van der Waals surface area contributed by atoms with Gasteiger partial charge in [0, 0.05) is 76.1 Å². The Morgan fingerprint density at radius 1 is 0.739 bits per heavy atom. The molecule has 0 amide bonds. The summed E-state index contributed by atoms with van der Waals surface area (Å²) >= 11 is 0. The van der Waals surface area contributed by atoms with Crippen molar-refractivity contribution in [1.82, 2.24) is 29.6 Å². The van der Waals surface area contributed by atoms with E-state index in [1.807, 2.05) is 64.4 Å². The third-order valence-corrected chi connectivity index (χ3v) is 7.71. The molecule has 3 aromatic rings. The van der Waals surface area contributed by atoms with Gasteiger partial charge in [-0.05, 0) is 40.9 Å². The minimum Gasteiger partial charge on any atom is -0.480 e. The number of benzene rings is 1. The van der Waals surface area contributed by atoms with Crippen molar-refractivity contribution in [2.75, 3.05) is 65.4 Å². The summed E-state index contributed by atoms with van der Waals surface area (Å²) in [5.74, 6) is 0.754. The van der Waals surface area contributed by atoms with E-state index in [-0.39, 0.29) is 19.6 Å². The van der Waals surface area contributed by atoms with E-state index in [1.165, 1.54) is 0 Å². The van der Waals surface area contributed by atoms with Crippen molar-refractivity contribution in [2.24, 2.45) is 5.11 Å². The molecule has 13 nitrogen and oxygen atoms in total. The molecule has 0 unspecified atom stereocenters. The number of aliphatic carboxylic acids is 2. The number of hydrogen-bond acceptors (Lipinski definition) is 9. The lowest BCUT2D eigenvalue weighted by atomic mass is 10.0. The van der Waals surface area contributed by atoms with Crippen molar-refractivity contribution >= 4 is 11.9 Å². The van der Waals surface area contributed by atoms with Gasteiger partial charge in [0.15, 0.2) is 0 Å². The van der Waals surface area contributed by atoms with E-state index in [9.17, 15) is 19.8 Å². The normalized spacial score (nSPS) is 16.0. The van der Waals surface area contributed by atoms with Crippen molar-refractivity contribution in [1.29, 1.82) is 0 Å². The predicted octanol–water partition coefficient (Wildman–Crippen LogP) is 3.03. The van der Waals surface area contributed by atoms with Crippen LogP contribution in [0.3, 0.4) is 0 Å². The monoisotopic (exact) mass is 625 g/mol.